The zero-order chi connectivity index (χ0) is 15.9. The summed E-state index contributed by atoms with van der Waals surface area (Å²) in [6, 6.07) is 0.0546. The number of aryl methyl sites for hydroxylation is 2. The molecule has 2 amide bonds. The first-order chi connectivity index (χ1) is 10.6. The van der Waals surface area contributed by atoms with Crippen LogP contribution in [0.2, 0.25) is 0 Å². The van der Waals surface area contributed by atoms with Crippen LogP contribution in [-0.4, -0.2) is 38.3 Å². The van der Waals surface area contributed by atoms with Gasteiger partial charge in [-0.05, 0) is 37.7 Å². The van der Waals surface area contributed by atoms with Crippen molar-refractivity contribution in [3.63, 3.8) is 0 Å². The topological polar surface area (TPSA) is 71.8 Å². The number of hydrogen-bond donors (Lipinski definition) is 2. The minimum Gasteiger partial charge on any atom is -0.336 e. The van der Waals surface area contributed by atoms with E-state index in [-0.39, 0.29) is 18.1 Å². The normalized spacial score (nSPS) is 18.6. The van der Waals surface area contributed by atoms with Crippen LogP contribution in [0.25, 0.3) is 0 Å². The first-order valence-corrected chi connectivity index (χ1v) is 9.37. The molecule has 1 aromatic heterocycles. The molecule has 1 aliphatic heterocycles. The van der Waals surface area contributed by atoms with Crippen molar-refractivity contribution >= 4 is 17.8 Å². The van der Waals surface area contributed by atoms with Crippen molar-refractivity contribution in [2.75, 3.05) is 11.5 Å². The molecule has 6 nitrogen and oxygen atoms in total. The molecule has 0 saturated heterocycles. The third-order valence-corrected chi connectivity index (χ3v) is 4.75. The molecule has 0 aromatic carbocycles. The maximum atomic E-state index is 12.2. The van der Waals surface area contributed by atoms with Crippen LogP contribution in [0.1, 0.15) is 57.7 Å². The fraction of sp³-hybridized carbons (Fsp3) is 0.800. The highest BCUT2D eigenvalue weighted by atomic mass is 32.2. The van der Waals surface area contributed by atoms with E-state index in [2.05, 4.69) is 27.6 Å². The van der Waals surface area contributed by atoms with Crippen LogP contribution in [0.15, 0.2) is 0 Å². The van der Waals surface area contributed by atoms with E-state index >= 15 is 0 Å². The van der Waals surface area contributed by atoms with Gasteiger partial charge in [-0.2, -0.15) is 16.9 Å². The van der Waals surface area contributed by atoms with Crippen molar-refractivity contribution < 1.29 is 4.79 Å². The average molecular weight is 325 g/mol. The summed E-state index contributed by atoms with van der Waals surface area (Å²) in [5.41, 5.74) is 0. The zero-order valence-electron chi connectivity index (χ0n) is 13.8. The molecule has 2 rings (SSSR count). The Morgan fingerprint density at radius 1 is 1.50 bits per heavy atom. The van der Waals surface area contributed by atoms with E-state index in [0.717, 1.165) is 55.4 Å². The number of carbonyl (C=O) groups excluding carboxylic acids is 1. The first-order valence-electron chi connectivity index (χ1n) is 8.22. The molecular weight excluding hydrogens is 298 g/mol. The first kappa shape index (κ1) is 17.1. The van der Waals surface area contributed by atoms with Crippen LogP contribution < -0.4 is 10.6 Å². The molecule has 1 aliphatic rings. The molecule has 2 atom stereocenters. The van der Waals surface area contributed by atoms with Gasteiger partial charge in [0.1, 0.15) is 5.82 Å². The predicted molar refractivity (Wildman–Crippen MR) is 90.1 cm³/mol. The highest BCUT2D eigenvalue weighted by molar-refractivity contribution is 7.99. The molecule has 0 spiro atoms. The van der Waals surface area contributed by atoms with Crippen LogP contribution >= 0.6 is 11.8 Å². The van der Waals surface area contributed by atoms with Crippen LogP contribution in [0.5, 0.6) is 0 Å². The maximum absolute atomic E-state index is 12.2. The van der Waals surface area contributed by atoms with Gasteiger partial charge < -0.3 is 10.6 Å². The van der Waals surface area contributed by atoms with E-state index in [9.17, 15) is 4.79 Å². The Labute approximate surface area is 136 Å². The molecule has 2 heterocycles. The van der Waals surface area contributed by atoms with Crippen LogP contribution in [0.3, 0.4) is 0 Å². The number of amides is 2. The minimum absolute atomic E-state index is 0.0289. The summed E-state index contributed by atoms with van der Waals surface area (Å²) in [4.78, 5) is 16.7. The van der Waals surface area contributed by atoms with Gasteiger partial charge in [0.2, 0.25) is 0 Å². The average Bonchev–Trinajstić information content (AvgIpc) is 2.91. The lowest BCUT2D eigenvalue weighted by Crippen LogP contribution is -2.43. The highest BCUT2D eigenvalue weighted by Gasteiger charge is 2.25. The molecule has 2 unspecified atom stereocenters. The van der Waals surface area contributed by atoms with E-state index in [4.69, 9.17) is 0 Å². The summed E-state index contributed by atoms with van der Waals surface area (Å²) in [5.74, 6) is 3.95. The van der Waals surface area contributed by atoms with Crippen molar-refractivity contribution in [1.82, 2.24) is 25.4 Å². The molecule has 0 radical (unpaired) electrons. The standard InChI is InChI=1S/C15H27N5OS/c1-4-13-18-14-12(7-6-9-20(14)19-13)17-15(21)16-11(3)8-10-22-5-2/h11-12H,4-10H2,1-3H3,(H2,16,17,21). The fourth-order valence-electron chi connectivity index (χ4n) is 2.59. The van der Waals surface area contributed by atoms with Crippen molar-refractivity contribution in [1.29, 1.82) is 0 Å². The van der Waals surface area contributed by atoms with Crippen molar-refractivity contribution in [3.8, 4) is 0 Å². The molecule has 0 fully saturated rings. The third-order valence-electron chi connectivity index (χ3n) is 3.82. The number of fused-ring (bicyclic) bond motifs is 1. The quantitative estimate of drug-likeness (QED) is 0.756. The Kier molecular flexibility index (Phi) is 6.54. The summed E-state index contributed by atoms with van der Waals surface area (Å²) in [5, 5.41) is 10.5. The number of carbonyl (C=O) groups is 1. The van der Waals surface area contributed by atoms with Crippen LogP contribution in [0, 0.1) is 0 Å². The monoisotopic (exact) mass is 325 g/mol. The highest BCUT2D eigenvalue weighted by Crippen LogP contribution is 2.23. The van der Waals surface area contributed by atoms with Gasteiger partial charge in [0.05, 0.1) is 6.04 Å². The fourth-order valence-corrected chi connectivity index (χ4v) is 3.40. The Balaban J connectivity index is 1.86. The van der Waals surface area contributed by atoms with E-state index in [1.807, 2.05) is 30.3 Å². The number of rotatable bonds is 7. The number of nitrogens with zero attached hydrogens (tertiary/aromatic N) is 3. The number of thioether (sulfide) groups is 1. The van der Waals surface area contributed by atoms with Crippen LogP contribution in [0.4, 0.5) is 4.79 Å². The van der Waals surface area contributed by atoms with Gasteiger partial charge in [0, 0.05) is 19.0 Å². The zero-order valence-corrected chi connectivity index (χ0v) is 14.6. The molecule has 124 valence electrons. The van der Waals surface area contributed by atoms with Gasteiger partial charge in [0.15, 0.2) is 5.82 Å². The number of hydrogen-bond acceptors (Lipinski definition) is 4. The molecule has 2 N–H and O–H groups in total. The smallest absolute Gasteiger partial charge is 0.315 e. The van der Waals surface area contributed by atoms with Gasteiger partial charge in [-0.15, -0.1) is 0 Å². The molecule has 0 saturated carbocycles. The van der Waals surface area contributed by atoms with E-state index in [1.54, 1.807) is 0 Å². The second-order valence-electron chi connectivity index (χ2n) is 5.66. The molecule has 1 aromatic rings. The predicted octanol–water partition coefficient (Wildman–Crippen LogP) is 2.51. The van der Waals surface area contributed by atoms with Crippen molar-refractivity contribution in [2.24, 2.45) is 0 Å². The molecule has 22 heavy (non-hydrogen) atoms. The van der Waals surface area contributed by atoms with Crippen molar-refractivity contribution in [2.45, 2.75) is 65.1 Å². The Morgan fingerprint density at radius 2 is 2.32 bits per heavy atom. The number of aromatic nitrogens is 3. The maximum Gasteiger partial charge on any atom is 0.315 e. The third kappa shape index (κ3) is 4.63. The van der Waals surface area contributed by atoms with E-state index in [0.29, 0.717) is 0 Å². The van der Waals surface area contributed by atoms with Gasteiger partial charge >= 0.3 is 6.03 Å². The van der Waals surface area contributed by atoms with Gasteiger partial charge in [-0.25, -0.2) is 14.5 Å². The second kappa shape index (κ2) is 8.41. The van der Waals surface area contributed by atoms with Crippen LogP contribution in [-0.2, 0) is 13.0 Å². The van der Waals surface area contributed by atoms with Gasteiger partial charge in [-0.3, -0.25) is 0 Å². The van der Waals surface area contributed by atoms with E-state index < -0.39 is 0 Å². The molecular formula is C15H27N5OS. The molecule has 0 aliphatic carbocycles. The molecule has 0 bridgehead atoms. The van der Waals surface area contributed by atoms with Gasteiger partial charge in [-0.1, -0.05) is 13.8 Å². The number of urea groups is 1. The SMILES string of the molecule is CCSCCC(C)NC(=O)NC1CCCn2nc(CC)nc21. The largest absolute Gasteiger partial charge is 0.336 e. The summed E-state index contributed by atoms with van der Waals surface area (Å²) < 4.78 is 1.94. The summed E-state index contributed by atoms with van der Waals surface area (Å²) in [6.45, 7) is 7.15. The van der Waals surface area contributed by atoms with Gasteiger partial charge in [0.25, 0.3) is 0 Å². The Morgan fingerprint density at radius 3 is 3.05 bits per heavy atom. The Hall–Kier alpha value is -1.24. The minimum atomic E-state index is -0.103. The summed E-state index contributed by atoms with van der Waals surface area (Å²) >= 11 is 1.90. The molecule has 7 heteroatoms. The van der Waals surface area contributed by atoms with Crippen molar-refractivity contribution in [3.05, 3.63) is 11.6 Å². The second-order valence-corrected chi connectivity index (χ2v) is 7.06. The van der Waals surface area contributed by atoms with E-state index in [1.165, 1.54) is 0 Å². The number of nitrogens with one attached hydrogen (secondary N) is 2. The summed E-state index contributed by atoms with van der Waals surface area (Å²) in [6.07, 6.45) is 3.76. The lowest BCUT2D eigenvalue weighted by Gasteiger charge is -2.24. The lowest BCUT2D eigenvalue weighted by molar-refractivity contribution is 0.229. The summed E-state index contributed by atoms with van der Waals surface area (Å²) in [7, 11) is 0. The lowest BCUT2D eigenvalue weighted by atomic mass is 10.1. The Bertz CT molecular complexity index is 490.